The predicted octanol–water partition coefficient (Wildman–Crippen LogP) is 6.21. The van der Waals surface area contributed by atoms with Gasteiger partial charge < -0.3 is 23.8 Å². The number of benzene rings is 1. The van der Waals surface area contributed by atoms with Crippen LogP contribution in [0.25, 0.3) is 21.9 Å². The van der Waals surface area contributed by atoms with Gasteiger partial charge in [-0.3, -0.25) is 9.78 Å². The van der Waals surface area contributed by atoms with Gasteiger partial charge in [-0.15, -0.1) is 0 Å². The molecule has 0 spiro atoms. The van der Waals surface area contributed by atoms with E-state index in [0.29, 0.717) is 42.3 Å². The Labute approximate surface area is 216 Å². The van der Waals surface area contributed by atoms with Crippen molar-refractivity contribution >= 4 is 21.9 Å². The van der Waals surface area contributed by atoms with E-state index < -0.39 is 0 Å². The first-order valence-corrected chi connectivity index (χ1v) is 13.2. The van der Waals surface area contributed by atoms with E-state index in [1.54, 1.807) is 22.9 Å². The predicted molar refractivity (Wildman–Crippen MR) is 144 cm³/mol. The van der Waals surface area contributed by atoms with E-state index >= 15 is 0 Å². The zero-order valence-electron chi connectivity index (χ0n) is 21.9. The number of fused-ring (bicyclic) bond motifs is 4. The van der Waals surface area contributed by atoms with Crippen molar-refractivity contribution in [1.82, 2.24) is 14.9 Å². The number of aryl methyl sites for hydroxylation is 1. The van der Waals surface area contributed by atoms with Crippen LogP contribution in [0.2, 0.25) is 0 Å². The third kappa shape index (κ3) is 6.31. The largest absolute Gasteiger partial charge is 0.486 e. The van der Waals surface area contributed by atoms with E-state index in [0.717, 1.165) is 35.5 Å². The van der Waals surface area contributed by atoms with E-state index in [-0.39, 0.29) is 11.4 Å². The molecule has 0 amide bonds. The van der Waals surface area contributed by atoms with Crippen LogP contribution in [0, 0.1) is 5.82 Å². The summed E-state index contributed by atoms with van der Waals surface area (Å²) in [6.07, 6.45) is 8.94. The molecule has 4 heterocycles. The van der Waals surface area contributed by atoms with Crippen LogP contribution < -0.4 is 20.3 Å². The first-order valence-electron chi connectivity index (χ1n) is 13.2. The number of halogens is 1. The number of aromatic nitrogens is 2. The molecule has 1 N–H and O–H groups in total. The average Bonchev–Trinajstić information content (AvgIpc) is 3.41. The van der Waals surface area contributed by atoms with Crippen molar-refractivity contribution in [3.63, 3.8) is 0 Å². The molecular formula is C29H36FN3O4. The first-order chi connectivity index (χ1) is 18.0. The smallest absolute Gasteiger partial charge is 0.262 e. The van der Waals surface area contributed by atoms with E-state index in [9.17, 15) is 9.18 Å². The van der Waals surface area contributed by atoms with Crippen LogP contribution in [0.4, 0.5) is 4.39 Å². The van der Waals surface area contributed by atoms with Gasteiger partial charge in [0.15, 0.2) is 11.5 Å². The lowest BCUT2D eigenvalue weighted by molar-refractivity contribution is 0.170. The molecule has 0 saturated carbocycles. The quantitative estimate of drug-likeness (QED) is 0.289. The highest BCUT2D eigenvalue weighted by molar-refractivity contribution is 6.02. The van der Waals surface area contributed by atoms with Crippen LogP contribution in [0.1, 0.15) is 58.6 Å². The Morgan fingerprint density at radius 1 is 1.00 bits per heavy atom. The number of rotatable bonds is 9. The maximum Gasteiger partial charge on any atom is 0.262 e. The molecule has 0 aliphatic carbocycles. The van der Waals surface area contributed by atoms with Crippen LogP contribution in [0.3, 0.4) is 0 Å². The fourth-order valence-corrected chi connectivity index (χ4v) is 4.69. The summed E-state index contributed by atoms with van der Waals surface area (Å²) in [6, 6.07) is 8.65. The monoisotopic (exact) mass is 509 g/mol. The minimum absolute atomic E-state index is 0.126. The van der Waals surface area contributed by atoms with E-state index in [4.69, 9.17) is 13.9 Å². The van der Waals surface area contributed by atoms with Crippen molar-refractivity contribution in [2.24, 2.45) is 0 Å². The second kappa shape index (κ2) is 12.7. The average molecular weight is 510 g/mol. The molecule has 0 fully saturated rings. The Kier molecular flexibility index (Phi) is 9.17. The van der Waals surface area contributed by atoms with Crippen LogP contribution in [-0.4, -0.2) is 28.8 Å². The number of hydrogen-bond donors (Lipinski definition) is 1. The van der Waals surface area contributed by atoms with E-state index in [2.05, 4.69) is 24.1 Å². The van der Waals surface area contributed by atoms with Gasteiger partial charge >= 0.3 is 0 Å². The van der Waals surface area contributed by atoms with Crippen molar-refractivity contribution < 1.29 is 18.3 Å². The molecule has 198 valence electrons. The summed E-state index contributed by atoms with van der Waals surface area (Å²) in [4.78, 5) is 16.7. The van der Waals surface area contributed by atoms with Crippen molar-refractivity contribution in [3.8, 4) is 11.5 Å². The molecule has 1 aromatic carbocycles. The molecule has 0 unspecified atom stereocenters. The zero-order chi connectivity index (χ0) is 26.2. The molecule has 0 atom stereocenters. The molecular weight excluding hydrogens is 473 g/mol. The summed E-state index contributed by atoms with van der Waals surface area (Å²) in [5, 5.41) is 4.90. The molecule has 0 radical (unpaired) electrons. The Balaban J connectivity index is 0.000000173. The van der Waals surface area contributed by atoms with Crippen LogP contribution in [-0.2, 0) is 13.1 Å². The topological polar surface area (TPSA) is 78.5 Å². The molecule has 0 bridgehead atoms. The summed E-state index contributed by atoms with van der Waals surface area (Å²) < 4.78 is 31.4. The number of ether oxygens (including phenoxy) is 2. The van der Waals surface area contributed by atoms with E-state index in [1.807, 2.05) is 13.0 Å². The molecule has 7 nitrogen and oxygen atoms in total. The van der Waals surface area contributed by atoms with Gasteiger partial charge in [-0.2, -0.15) is 0 Å². The lowest BCUT2D eigenvalue weighted by atomic mass is 10.1. The van der Waals surface area contributed by atoms with Gasteiger partial charge in [-0.05, 0) is 43.5 Å². The Bertz CT molecular complexity index is 1380. The highest BCUT2D eigenvalue weighted by Gasteiger charge is 2.14. The van der Waals surface area contributed by atoms with Gasteiger partial charge in [0.2, 0.25) is 0 Å². The minimum Gasteiger partial charge on any atom is -0.486 e. The zero-order valence-corrected chi connectivity index (χ0v) is 21.9. The van der Waals surface area contributed by atoms with Gasteiger partial charge in [0.1, 0.15) is 24.6 Å². The van der Waals surface area contributed by atoms with Gasteiger partial charge in [-0.25, -0.2) is 4.39 Å². The number of pyridine rings is 2. The highest BCUT2D eigenvalue weighted by atomic mass is 19.1. The lowest BCUT2D eigenvalue weighted by Crippen LogP contribution is -2.28. The van der Waals surface area contributed by atoms with Crippen LogP contribution >= 0.6 is 0 Å². The van der Waals surface area contributed by atoms with Crippen molar-refractivity contribution in [3.05, 3.63) is 64.7 Å². The second-order valence-electron chi connectivity index (χ2n) is 9.26. The highest BCUT2D eigenvalue weighted by Crippen LogP contribution is 2.29. The third-order valence-electron chi connectivity index (χ3n) is 6.42. The molecule has 1 aliphatic rings. The summed E-state index contributed by atoms with van der Waals surface area (Å²) in [7, 11) is 0. The number of nitrogens with zero attached hydrogens (tertiary/aromatic N) is 2. The van der Waals surface area contributed by atoms with Crippen LogP contribution in [0.15, 0.2) is 52.0 Å². The fraction of sp³-hybridized carbons (Fsp3) is 0.448. The van der Waals surface area contributed by atoms with Gasteiger partial charge in [0.05, 0.1) is 29.1 Å². The summed E-state index contributed by atoms with van der Waals surface area (Å²) in [6.45, 7) is 9.04. The number of furan rings is 1. The second-order valence-corrected chi connectivity index (χ2v) is 9.26. The molecule has 1 aliphatic heterocycles. The fourth-order valence-electron chi connectivity index (χ4n) is 4.69. The minimum atomic E-state index is -0.349. The van der Waals surface area contributed by atoms with Crippen molar-refractivity contribution in [2.75, 3.05) is 13.2 Å². The van der Waals surface area contributed by atoms with Gasteiger partial charge in [-0.1, -0.05) is 33.6 Å². The molecule has 3 aromatic heterocycles. The Morgan fingerprint density at radius 2 is 1.76 bits per heavy atom. The molecule has 4 aromatic rings. The standard InChI is InChI=1S/C15H24N2O2.C14H12FNO2/c1-3-5-12(6-4-2)16-10-13-9-14-15(11-17-13)19-8-7-18-14;1-2-6-16-12-8-9(15)3-4-10(12)13-11(14(16)17)5-7-18-13/h9,11-12,16H,3-8,10H2,1-2H3;3-5,7-8H,2,6H2,1H3. The normalized spacial score (nSPS) is 12.7. The SMILES string of the molecule is CCCC(CCC)NCc1cc2c(cn1)OCCO2.CCCn1c(=O)c2ccoc2c2ccc(F)cc21. The molecule has 8 heteroatoms. The molecule has 5 rings (SSSR count). The molecule has 0 saturated heterocycles. The first kappa shape index (κ1) is 26.7. The summed E-state index contributed by atoms with van der Waals surface area (Å²) in [5.41, 5.74) is 2.01. The van der Waals surface area contributed by atoms with Crippen molar-refractivity contribution in [2.45, 2.75) is 72.0 Å². The maximum absolute atomic E-state index is 13.4. The molecule has 37 heavy (non-hydrogen) atoms. The van der Waals surface area contributed by atoms with Gasteiger partial charge in [0.25, 0.3) is 5.56 Å². The lowest BCUT2D eigenvalue weighted by Gasteiger charge is -2.20. The van der Waals surface area contributed by atoms with Crippen molar-refractivity contribution in [1.29, 1.82) is 0 Å². The number of nitrogens with one attached hydrogen (secondary N) is 1. The van der Waals surface area contributed by atoms with Gasteiger partial charge in [0, 0.05) is 30.6 Å². The van der Waals surface area contributed by atoms with Crippen LogP contribution in [0.5, 0.6) is 11.5 Å². The number of hydrogen-bond acceptors (Lipinski definition) is 6. The van der Waals surface area contributed by atoms with E-state index in [1.165, 1.54) is 44.1 Å². The Hall–Kier alpha value is -3.39. The third-order valence-corrected chi connectivity index (χ3v) is 6.42. The maximum atomic E-state index is 13.4. The Morgan fingerprint density at radius 3 is 2.49 bits per heavy atom. The summed E-state index contributed by atoms with van der Waals surface area (Å²) in [5.74, 6) is 1.23. The summed E-state index contributed by atoms with van der Waals surface area (Å²) >= 11 is 0.